The Morgan fingerprint density at radius 3 is 2.17 bits per heavy atom. The molecule has 0 amide bonds. The summed E-state index contributed by atoms with van der Waals surface area (Å²) in [7, 11) is -4.14. The largest absolute Gasteiger partial charge is 0.480 e. The molecule has 0 aliphatic rings. The van der Waals surface area contributed by atoms with Gasteiger partial charge in [-0.05, 0) is 44.2 Å². The summed E-state index contributed by atoms with van der Waals surface area (Å²) in [5.41, 5.74) is 1.18. The fourth-order valence-electron chi connectivity index (χ4n) is 2.11. The molecule has 0 spiro atoms. The molecule has 1 N–H and O–H groups in total. The molecule has 0 aliphatic heterocycles. The molecule has 0 aliphatic carbocycles. The third-order valence-electron chi connectivity index (χ3n) is 3.45. The van der Waals surface area contributed by atoms with Crippen molar-refractivity contribution in [3.8, 4) is 0 Å². The second-order valence-corrected chi connectivity index (χ2v) is 7.86. The van der Waals surface area contributed by atoms with E-state index in [1.54, 1.807) is 24.3 Å². The van der Waals surface area contributed by atoms with Crippen LogP contribution in [0.15, 0.2) is 47.4 Å². The normalized spacial score (nSPS) is 12.7. The number of hydrogen-bond acceptors (Lipinski definition) is 3. The Kier molecular flexibility index (Phi) is 5.42. The van der Waals surface area contributed by atoms with E-state index in [0.29, 0.717) is 0 Å². The molecule has 0 radical (unpaired) electrons. The summed E-state index contributed by atoms with van der Waals surface area (Å²) in [4.78, 5) is 11.3. The van der Waals surface area contributed by atoms with Gasteiger partial charge in [-0.25, -0.2) is 13.2 Å². The van der Waals surface area contributed by atoms with Gasteiger partial charge in [-0.1, -0.05) is 40.9 Å². The molecular formula is C16H15Cl2NO4S. The number of benzene rings is 2. The first kappa shape index (κ1) is 18.6. The summed E-state index contributed by atoms with van der Waals surface area (Å²) in [6.07, 6.45) is 0. The van der Waals surface area contributed by atoms with Gasteiger partial charge in [0.15, 0.2) is 0 Å². The fraction of sp³-hybridized carbons (Fsp3) is 0.188. The van der Waals surface area contributed by atoms with Crippen LogP contribution in [0.3, 0.4) is 0 Å². The molecule has 0 heterocycles. The van der Waals surface area contributed by atoms with Crippen molar-refractivity contribution in [1.29, 1.82) is 0 Å². The molecule has 8 heteroatoms. The van der Waals surface area contributed by atoms with Crippen LogP contribution in [0.5, 0.6) is 0 Å². The highest BCUT2D eigenvalue weighted by molar-refractivity contribution is 7.93. The van der Waals surface area contributed by atoms with Crippen molar-refractivity contribution in [3.05, 3.63) is 58.1 Å². The number of aryl methyl sites for hydroxylation is 1. The third-order valence-corrected chi connectivity index (χ3v) is 6.08. The zero-order chi connectivity index (χ0) is 18.1. The number of aliphatic carboxylic acids is 1. The minimum atomic E-state index is -4.14. The molecule has 0 saturated heterocycles. The van der Waals surface area contributed by atoms with Crippen LogP contribution >= 0.6 is 23.2 Å². The van der Waals surface area contributed by atoms with E-state index in [1.165, 1.54) is 25.1 Å². The monoisotopic (exact) mass is 387 g/mol. The van der Waals surface area contributed by atoms with Gasteiger partial charge in [0.1, 0.15) is 6.04 Å². The lowest BCUT2D eigenvalue weighted by Gasteiger charge is -2.28. The number of hydrogen-bond donors (Lipinski definition) is 1. The average molecular weight is 388 g/mol. The Labute approximate surface area is 150 Å². The van der Waals surface area contributed by atoms with E-state index < -0.39 is 22.0 Å². The molecule has 1 unspecified atom stereocenters. The second kappa shape index (κ2) is 7.01. The van der Waals surface area contributed by atoms with Crippen LogP contribution in [0.4, 0.5) is 5.69 Å². The van der Waals surface area contributed by atoms with E-state index in [2.05, 4.69) is 0 Å². The molecule has 5 nitrogen and oxygen atoms in total. The summed E-state index contributed by atoms with van der Waals surface area (Å²) in [6, 6.07) is 9.09. The maximum atomic E-state index is 13.0. The summed E-state index contributed by atoms with van der Waals surface area (Å²) < 4.78 is 26.8. The van der Waals surface area contributed by atoms with Gasteiger partial charge in [0.2, 0.25) is 0 Å². The molecule has 1 atom stereocenters. The topological polar surface area (TPSA) is 74.7 Å². The van der Waals surface area contributed by atoms with Crippen molar-refractivity contribution < 1.29 is 18.3 Å². The van der Waals surface area contributed by atoms with E-state index in [-0.39, 0.29) is 20.6 Å². The highest BCUT2D eigenvalue weighted by Gasteiger charge is 2.33. The lowest BCUT2D eigenvalue weighted by molar-refractivity contribution is -0.137. The predicted octanol–water partition coefficient (Wildman–Crippen LogP) is 3.97. The van der Waals surface area contributed by atoms with E-state index in [4.69, 9.17) is 23.2 Å². The molecule has 2 aromatic rings. The molecule has 24 heavy (non-hydrogen) atoms. The van der Waals surface area contributed by atoms with Crippen molar-refractivity contribution >= 4 is 44.9 Å². The van der Waals surface area contributed by atoms with Crippen molar-refractivity contribution in [2.24, 2.45) is 0 Å². The molecule has 128 valence electrons. The van der Waals surface area contributed by atoms with Crippen LogP contribution in [0.1, 0.15) is 12.5 Å². The lowest BCUT2D eigenvalue weighted by atomic mass is 10.2. The number of halogens is 2. The zero-order valence-corrected chi connectivity index (χ0v) is 15.2. The first-order chi connectivity index (χ1) is 11.1. The van der Waals surface area contributed by atoms with Gasteiger partial charge in [0, 0.05) is 0 Å². The third kappa shape index (κ3) is 3.66. The van der Waals surface area contributed by atoms with Crippen molar-refractivity contribution in [2.45, 2.75) is 24.8 Å². The number of rotatable bonds is 5. The van der Waals surface area contributed by atoms with E-state index in [0.717, 1.165) is 9.87 Å². The van der Waals surface area contributed by atoms with Gasteiger partial charge in [-0.2, -0.15) is 0 Å². The Bertz CT molecular complexity index is 866. The fourth-order valence-corrected chi connectivity index (χ4v) is 4.12. The van der Waals surface area contributed by atoms with Crippen LogP contribution < -0.4 is 4.31 Å². The quantitative estimate of drug-likeness (QED) is 0.841. The Morgan fingerprint density at radius 2 is 1.67 bits per heavy atom. The van der Waals surface area contributed by atoms with Crippen molar-refractivity contribution in [2.75, 3.05) is 4.31 Å². The number of anilines is 1. The number of carbonyl (C=O) groups is 1. The van der Waals surface area contributed by atoms with Crippen LogP contribution in [0, 0.1) is 6.92 Å². The maximum Gasteiger partial charge on any atom is 0.327 e. The second-order valence-electron chi connectivity index (χ2n) is 5.23. The van der Waals surface area contributed by atoms with E-state index in [9.17, 15) is 18.3 Å². The number of sulfonamides is 1. The molecular weight excluding hydrogens is 373 g/mol. The summed E-state index contributed by atoms with van der Waals surface area (Å²) in [6.45, 7) is 3.15. The summed E-state index contributed by atoms with van der Waals surface area (Å²) in [5, 5.41) is 9.61. The SMILES string of the molecule is Cc1ccc(N(C(C)C(=O)O)S(=O)(=O)c2ccc(Cl)c(Cl)c2)cc1. The lowest BCUT2D eigenvalue weighted by Crippen LogP contribution is -2.43. The molecule has 0 saturated carbocycles. The van der Waals surface area contributed by atoms with Gasteiger partial charge < -0.3 is 5.11 Å². The van der Waals surface area contributed by atoms with Gasteiger partial charge >= 0.3 is 5.97 Å². The number of carboxylic acid groups (broad SMARTS) is 1. The van der Waals surface area contributed by atoms with Crippen LogP contribution in [-0.2, 0) is 14.8 Å². The van der Waals surface area contributed by atoms with Gasteiger partial charge in [-0.3, -0.25) is 4.31 Å². The van der Waals surface area contributed by atoms with E-state index in [1.807, 2.05) is 6.92 Å². The van der Waals surface area contributed by atoms with Gasteiger partial charge in [0.25, 0.3) is 10.0 Å². The molecule has 2 rings (SSSR count). The molecule has 2 aromatic carbocycles. The first-order valence-electron chi connectivity index (χ1n) is 6.93. The van der Waals surface area contributed by atoms with E-state index >= 15 is 0 Å². The smallest absolute Gasteiger partial charge is 0.327 e. The predicted molar refractivity (Wildman–Crippen MR) is 94.4 cm³/mol. The standard InChI is InChI=1S/C16H15Cl2NO4S/c1-10-3-5-12(6-4-10)19(11(2)16(20)21)24(22,23)13-7-8-14(17)15(18)9-13/h3-9,11H,1-2H3,(H,20,21). The summed E-state index contributed by atoms with van der Waals surface area (Å²) in [5.74, 6) is -1.26. The van der Waals surface area contributed by atoms with Crippen LogP contribution in [-0.4, -0.2) is 25.5 Å². The Hall–Kier alpha value is -1.76. The zero-order valence-electron chi connectivity index (χ0n) is 12.9. The maximum absolute atomic E-state index is 13.0. The minimum absolute atomic E-state index is 0.0737. The first-order valence-corrected chi connectivity index (χ1v) is 9.13. The molecule has 0 bridgehead atoms. The Balaban J connectivity index is 2.62. The minimum Gasteiger partial charge on any atom is -0.480 e. The van der Waals surface area contributed by atoms with Crippen molar-refractivity contribution in [3.63, 3.8) is 0 Å². The Morgan fingerprint density at radius 1 is 1.08 bits per heavy atom. The summed E-state index contributed by atoms with van der Waals surface area (Å²) >= 11 is 11.7. The molecule has 0 aromatic heterocycles. The average Bonchev–Trinajstić information content (AvgIpc) is 2.51. The van der Waals surface area contributed by atoms with Gasteiger partial charge in [-0.15, -0.1) is 0 Å². The van der Waals surface area contributed by atoms with Crippen LogP contribution in [0.2, 0.25) is 10.0 Å². The number of carboxylic acids is 1. The van der Waals surface area contributed by atoms with Gasteiger partial charge in [0.05, 0.1) is 20.6 Å². The highest BCUT2D eigenvalue weighted by Crippen LogP contribution is 2.30. The number of nitrogens with zero attached hydrogens (tertiary/aromatic N) is 1. The molecule has 0 fully saturated rings. The highest BCUT2D eigenvalue weighted by atomic mass is 35.5. The van der Waals surface area contributed by atoms with Crippen molar-refractivity contribution in [1.82, 2.24) is 0 Å². The van der Waals surface area contributed by atoms with Crippen LogP contribution in [0.25, 0.3) is 0 Å².